The maximum atomic E-state index is 12.9. The van der Waals surface area contributed by atoms with Crippen LogP contribution < -0.4 is 0 Å². The first-order valence-corrected chi connectivity index (χ1v) is 10.2. The normalized spacial score (nSPS) is 27.8. The van der Waals surface area contributed by atoms with Crippen LogP contribution in [0.25, 0.3) is 0 Å². The zero-order chi connectivity index (χ0) is 19.0. The van der Waals surface area contributed by atoms with Gasteiger partial charge < -0.3 is 14.7 Å². The summed E-state index contributed by atoms with van der Waals surface area (Å²) in [6.45, 7) is 5.96. The predicted octanol–water partition coefficient (Wildman–Crippen LogP) is 1.84. The number of carbonyl (C=O) groups is 2. The van der Waals surface area contributed by atoms with Crippen molar-refractivity contribution in [1.82, 2.24) is 4.90 Å². The number of amides is 1. The molecule has 2 rings (SSSR count). The molecule has 2 aliphatic rings. The van der Waals surface area contributed by atoms with Crippen LogP contribution in [-0.2, 0) is 23.8 Å². The molecule has 0 aromatic rings. The fraction of sp³-hybridized carbons (Fsp3) is 0.875. The molecule has 0 spiro atoms. The van der Waals surface area contributed by atoms with Crippen LogP contribution in [0.4, 0.5) is 4.79 Å². The van der Waals surface area contributed by atoms with Crippen molar-refractivity contribution in [3.8, 4) is 0 Å². The standard InChI is InChI=1S/C16H27NO7S/c1-15(2,3)23-13(18)16(8-11-9-17(10-11)14(19)20)7-5-6-12(16)24-25(4,21)22/h11-12H,5-10H2,1-4H3,(H,19,20). The topological polar surface area (TPSA) is 110 Å². The van der Waals surface area contributed by atoms with Crippen LogP contribution in [-0.4, -0.2) is 61.5 Å². The van der Waals surface area contributed by atoms with Gasteiger partial charge in [-0.25, -0.2) is 4.79 Å². The largest absolute Gasteiger partial charge is 0.465 e. The van der Waals surface area contributed by atoms with E-state index in [2.05, 4.69) is 0 Å². The van der Waals surface area contributed by atoms with E-state index in [1.165, 1.54) is 4.90 Å². The molecule has 2 atom stereocenters. The van der Waals surface area contributed by atoms with Gasteiger partial charge in [0.05, 0.1) is 17.8 Å². The highest BCUT2D eigenvalue weighted by atomic mass is 32.2. The number of hydrogen-bond acceptors (Lipinski definition) is 6. The third-order valence-corrected chi connectivity index (χ3v) is 5.26. The highest BCUT2D eigenvalue weighted by Gasteiger charge is 2.55. The van der Waals surface area contributed by atoms with E-state index in [-0.39, 0.29) is 5.92 Å². The van der Waals surface area contributed by atoms with Crippen LogP contribution in [0.1, 0.15) is 46.5 Å². The van der Waals surface area contributed by atoms with Crippen molar-refractivity contribution in [2.24, 2.45) is 11.3 Å². The Balaban J connectivity index is 2.22. The van der Waals surface area contributed by atoms with Crippen LogP contribution in [0, 0.1) is 11.3 Å². The van der Waals surface area contributed by atoms with Crippen LogP contribution in [0.5, 0.6) is 0 Å². The van der Waals surface area contributed by atoms with Crippen molar-refractivity contribution in [2.45, 2.75) is 58.2 Å². The molecule has 2 fully saturated rings. The van der Waals surface area contributed by atoms with Gasteiger partial charge in [0, 0.05) is 13.1 Å². The second-order valence-electron chi connectivity index (χ2n) is 8.10. The third-order valence-electron chi connectivity index (χ3n) is 4.68. The van der Waals surface area contributed by atoms with E-state index >= 15 is 0 Å². The summed E-state index contributed by atoms with van der Waals surface area (Å²) in [6.07, 6.45) is 1.18. The van der Waals surface area contributed by atoms with Gasteiger partial charge in [-0.15, -0.1) is 0 Å². The first kappa shape index (κ1) is 20.0. The molecule has 0 radical (unpaired) electrons. The van der Waals surface area contributed by atoms with Gasteiger partial charge in [0.25, 0.3) is 10.1 Å². The molecule has 1 aliphatic carbocycles. The predicted molar refractivity (Wildman–Crippen MR) is 89.6 cm³/mol. The van der Waals surface area contributed by atoms with E-state index in [9.17, 15) is 18.0 Å². The first-order chi connectivity index (χ1) is 11.3. The van der Waals surface area contributed by atoms with E-state index in [1.807, 2.05) is 0 Å². The number of ether oxygens (including phenoxy) is 1. The Labute approximate surface area is 148 Å². The zero-order valence-corrected chi connectivity index (χ0v) is 16.0. The van der Waals surface area contributed by atoms with Gasteiger partial charge in [-0.1, -0.05) is 0 Å². The summed E-state index contributed by atoms with van der Waals surface area (Å²) in [5.41, 5.74) is -1.75. The smallest absolute Gasteiger partial charge is 0.407 e. The average Bonchev–Trinajstić information content (AvgIpc) is 2.72. The Bertz CT molecular complexity index is 633. The molecule has 144 valence electrons. The number of nitrogens with zero attached hydrogens (tertiary/aromatic N) is 1. The molecule has 1 saturated heterocycles. The molecule has 0 bridgehead atoms. The number of carbonyl (C=O) groups excluding carboxylic acids is 1. The van der Waals surface area contributed by atoms with Crippen molar-refractivity contribution in [3.05, 3.63) is 0 Å². The highest BCUT2D eigenvalue weighted by Crippen LogP contribution is 2.48. The summed E-state index contributed by atoms with van der Waals surface area (Å²) in [6, 6.07) is 0. The molecule has 2 unspecified atom stereocenters. The minimum Gasteiger partial charge on any atom is -0.465 e. The van der Waals surface area contributed by atoms with E-state index < -0.39 is 39.3 Å². The molecule has 1 saturated carbocycles. The summed E-state index contributed by atoms with van der Waals surface area (Å²) in [7, 11) is -3.72. The molecule has 25 heavy (non-hydrogen) atoms. The number of rotatable bonds is 5. The minimum atomic E-state index is -3.72. The number of carboxylic acid groups (broad SMARTS) is 1. The number of likely N-dealkylation sites (tertiary alicyclic amines) is 1. The van der Waals surface area contributed by atoms with Crippen LogP contribution in [0.15, 0.2) is 0 Å². The van der Waals surface area contributed by atoms with Gasteiger partial charge in [0.15, 0.2) is 0 Å². The molecule has 0 aromatic carbocycles. The summed E-state index contributed by atoms with van der Waals surface area (Å²) in [5, 5.41) is 8.97. The Kier molecular flexibility index (Phi) is 5.39. The minimum absolute atomic E-state index is 0.00706. The molecular weight excluding hydrogens is 350 g/mol. The van der Waals surface area contributed by atoms with Gasteiger partial charge in [-0.3, -0.25) is 8.98 Å². The molecule has 1 aliphatic heterocycles. The quantitative estimate of drug-likeness (QED) is 0.575. The zero-order valence-electron chi connectivity index (χ0n) is 15.1. The van der Waals surface area contributed by atoms with Gasteiger partial charge in [0.2, 0.25) is 0 Å². The number of esters is 1. The maximum Gasteiger partial charge on any atom is 0.407 e. The van der Waals surface area contributed by atoms with E-state index in [0.717, 1.165) is 6.26 Å². The molecule has 0 aromatic heterocycles. The van der Waals surface area contributed by atoms with Crippen molar-refractivity contribution in [3.63, 3.8) is 0 Å². The highest BCUT2D eigenvalue weighted by molar-refractivity contribution is 7.86. The lowest BCUT2D eigenvalue weighted by Gasteiger charge is -2.43. The second-order valence-corrected chi connectivity index (χ2v) is 9.70. The van der Waals surface area contributed by atoms with Crippen LogP contribution in [0.3, 0.4) is 0 Å². The van der Waals surface area contributed by atoms with Crippen LogP contribution in [0.2, 0.25) is 0 Å². The summed E-state index contributed by atoms with van der Waals surface area (Å²) in [4.78, 5) is 25.2. The van der Waals surface area contributed by atoms with Crippen molar-refractivity contribution < 1.29 is 32.0 Å². The lowest BCUT2D eigenvalue weighted by Crippen LogP contribution is -2.54. The lowest BCUT2D eigenvalue weighted by molar-refractivity contribution is -0.174. The molecular formula is C16H27NO7S. The first-order valence-electron chi connectivity index (χ1n) is 8.42. The maximum absolute atomic E-state index is 12.9. The molecule has 1 heterocycles. The van der Waals surface area contributed by atoms with Crippen molar-refractivity contribution in [1.29, 1.82) is 0 Å². The Morgan fingerprint density at radius 3 is 2.36 bits per heavy atom. The van der Waals surface area contributed by atoms with Gasteiger partial charge in [0.1, 0.15) is 5.60 Å². The SMILES string of the molecule is CC(C)(C)OC(=O)C1(CC2CN(C(=O)O)C2)CCCC1OS(C)(=O)=O. The average molecular weight is 377 g/mol. The molecule has 9 heteroatoms. The second kappa shape index (κ2) is 6.75. The van der Waals surface area contributed by atoms with E-state index in [1.54, 1.807) is 20.8 Å². The van der Waals surface area contributed by atoms with Gasteiger partial charge in [-0.2, -0.15) is 8.42 Å². The van der Waals surface area contributed by atoms with E-state index in [0.29, 0.717) is 38.8 Å². The fourth-order valence-electron chi connectivity index (χ4n) is 3.69. The van der Waals surface area contributed by atoms with Crippen molar-refractivity contribution >= 4 is 22.2 Å². The summed E-state index contributed by atoms with van der Waals surface area (Å²) in [5.74, 6) is -0.465. The molecule has 1 amide bonds. The molecule has 8 nitrogen and oxygen atoms in total. The van der Waals surface area contributed by atoms with Gasteiger partial charge in [-0.05, 0) is 52.4 Å². The summed E-state index contributed by atoms with van der Waals surface area (Å²) < 4.78 is 34.1. The van der Waals surface area contributed by atoms with Crippen LogP contribution >= 0.6 is 0 Å². The lowest BCUT2D eigenvalue weighted by atomic mass is 9.74. The Hall–Kier alpha value is -1.35. The summed E-state index contributed by atoms with van der Waals surface area (Å²) >= 11 is 0. The number of hydrogen-bond donors (Lipinski definition) is 1. The van der Waals surface area contributed by atoms with Gasteiger partial charge >= 0.3 is 12.1 Å². The Morgan fingerprint density at radius 1 is 1.28 bits per heavy atom. The van der Waals surface area contributed by atoms with Crippen molar-refractivity contribution in [2.75, 3.05) is 19.3 Å². The fourth-order valence-corrected chi connectivity index (χ4v) is 4.39. The monoisotopic (exact) mass is 377 g/mol. The molecule has 1 N–H and O–H groups in total. The Morgan fingerprint density at radius 2 is 1.88 bits per heavy atom. The van der Waals surface area contributed by atoms with E-state index in [4.69, 9.17) is 14.0 Å². The third kappa shape index (κ3) is 4.84.